The highest BCUT2D eigenvalue weighted by atomic mass is 15.1. The summed E-state index contributed by atoms with van der Waals surface area (Å²) in [5, 5.41) is 0. The van der Waals surface area contributed by atoms with Crippen molar-refractivity contribution in [2.24, 2.45) is 5.92 Å². The zero-order valence-electron chi connectivity index (χ0n) is 7.44. The zero-order chi connectivity index (χ0) is 7.72. The highest BCUT2D eigenvalue weighted by Crippen LogP contribution is 2.26. The van der Waals surface area contributed by atoms with Crippen molar-refractivity contribution in [2.45, 2.75) is 27.2 Å². The molecule has 0 spiro atoms. The fraction of sp³-hybridized carbons (Fsp3) is 0.778. The number of hydrogen-bond donors (Lipinski definition) is 0. The quantitative estimate of drug-likeness (QED) is 0.538. The molecule has 0 aromatic carbocycles. The maximum atomic E-state index is 2.38. The molecule has 0 saturated heterocycles. The number of hydrogen-bond acceptors (Lipinski definition) is 1. The van der Waals surface area contributed by atoms with E-state index in [0.717, 1.165) is 0 Å². The van der Waals surface area contributed by atoms with Crippen LogP contribution in [-0.2, 0) is 0 Å². The molecule has 0 unspecified atom stereocenters. The Balaban J connectivity index is 2.78. The minimum Gasteiger partial charge on any atom is -0.377 e. The number of rotatable bonds is 1. The van der Waals surface area contributed by atoms with Crippen LogP contribution in [-0.4, -0.2) is 18.5 Å². The van der Waals surface area contributed by atoms with E-state index in [0.29, 0.717) is 5.92 Å². The van der Waals surface area contributed by atoms with Gasteiger partial charge >= 0.3 is 0 Å². The van der Waals surface area contributed by atoms with Gasteiger partial charge in [-0.3, -0.25) is 0 Å². The summed E-state index contributed by atoms with van der Waals surface area (Å²) in [7, 11) is 2.19. The summed E-state index contributed by atoms with van der Waals surface area (Å²) in [4.78, 5) is 2.38. The molecule has 58 valence electrons. The Labute approximate surface area is 63.7 Å². The Morgan fingerprint density at radius 1 is 1.40 bits per heavy atom. The monoisotopic (exact) mass is 139 g/mol. The molecule has 0 aliphatic carbocycles. The highest BCUT2D eigenvalue weighted by Gasteiger charge is 2.17. The van der Waals surface area contributed by atoms with Gasteiger partial charge in [-0.2, -0.15) is 0 Å². The maximum absolute atomic E-state index is 2.38. The predicted molar refractivity (Wildman–Crippen MR) is 44.8 cm³/mol. The van der Waals surface area contributed by atoms with Gasteiger partial charge in [0.15, 0.2) is 0 Å². The summed E-state index contributed by atoms with van der Waals surface area (Å²) < 4.78 is 0. The van der Waals surface area contributed by atoms with E-state index >= 15 is 0 Å². The van der Waals surface area contributed by atoms with Gasteiger partial charge in [0.2, 0.25) is 0 Å². The summed E-state index contributed by atoms with van der Waals surface area (Å²) in [6.45, 7) is 8.00. The fourth-order valence-electron chi connectivity index (χ4n) is 1.84. The average Bonchev–Trinajstić information content (AvgIpc) is 2.11. The minimum atomic E-state index is 0.701. The molecular formula is C9H17N. The van der Waals surface area contributed by atoms with Gasteiger partial charge in [-0.15, -0.1) is 0 Å². The first-order chi connectivity index (χ1) is 4.63. The molecule has 1 aliphatic heterocycles. The van der Waals surface area contributed by atoms with Crippen molar-refractivity contribution in [3.05, 3.63) is 11.3 Å². The molecular weight excluding hydrogens is 122 g/mol. The van der Waals surface area contributed by atoms with E-state index in [9.17, 15) is 0 Å². The first-order valence-corrected chi connectivity index (χ1v) is 4.03. The Kier molecular flexibility index (Phi) is 2.02. The Morgan fingerprint density at radius 2 is 2.00 bits per heavy atom. The molecule has 0 atom stereocenters. The smallest absolute Gasteiger partial charge is 0.0209 e. The predicted octanol–water partition coefficient (Wildman–Crippen LogP) is 2.25. The van der Waals surface area contributed by atoms with Gasteiger partial charge in [0.05, 0.1) is 0 Å². The highest BCUT2D eigenvalue weighted by molar-refractivity contribution is 5.17. The van der Waals surface area contributed by atoms with Gasteiger partial charge in [-0.05, 0) is 19.3 Å². The van der Waals surface area contributed by atoms with Crippen molar-refractivity contribution in [1.29, 1.82) is 0 Å². The third kappa shape index (κ3) is 1.18. The van der Waals surface area contributed by atoms with Crippen LogP contribution < -0.4 is 0 Å². The van der Waals surface area contributed by atoms with Crippen LogP contribution in [0.25, 0.3) is 0 Å². The van der Waals surface area contributed by atoms with Crippen molar-refractivity contribution in [1.82, 2.24) is 4.90 Å². The molecule has 0 amide bonds. The van der Waals surface area contributed by atoms with Crippen LogP contribution >= 0.6 is 0 Å². The minimum absolute atomic E-state index is 0.701. The van der Waals surface area contributed by atoms with Gasteiger partial charge in [-0.1, -0.05) is 19.4 Å². The SMILES string of the molecule is CC1=C(C(C)C)N(C)CC1. The third-order valence-corrected chi connectivity index (χ3v) is 2.22. The summed E-state index contributed by atoms with van der Waals surface area (Å²) in [5.41, 5.74) is 3.14. The summed E-state index contributed by atoms with van der Waals surface area (Å²) in [6.07, 6.45) is 1.27. The lowest BCUT2D eigenvalue weighted by Gasteiger charge is -2.19. The summed E-state index contributed by atoms with van der Waals surface area (Å²) in [6, 6.07) is 0. The molecule has 10 heavy (non-hydrogen) atoms. The van der Waals surface area contributed by atoms with E-state index in [2.05, 4.69) is 32.7 Å². The van der Waals surface area contributed by atoms with Crippen molar-refractivity contribution < 1.29 is 0 Å². The van der Waals surface area contributed by atoms with Crippen LogP contribution in [0.15, 0.2) is 11.3 Å². The second-order valence-electron chi connectivity index (χ2n) is 3.49. The van der Waals surface area contributed by atoms with Gasteiger partial charge in [-0.25, -0.2) is 0 Å². The van der Waals surface area contributed by atoms with Crippen molar-refractivity contribution in [2.75, 3.05) is 13.6 Å². The van der Waals surface area contributed by atoms with E-state index in [1.165, 1.54) is 13.0 Å². The molecule has 1 heterocycles. The molecule has 1 heteroatoms. The fourth-order valence-corrected chi connectivity index (χ4v) is 1.84. The van der Waals surface area contributed by atoms with Gasteiger partial charge in [0.25, 0.3) is 0 Å². The van der Waals surface area contributed by atoms with E-state index < -0.39 is 0 Å². The van der Waals surface area contributed by atoms with Gasteiger partial charge < -0.3 is 4.90 Å². The zero-order valence-corrected chi connectivity index (χ0v) is 7.44. The van der Waals surface area contributed by atoms with Gasteiger partial charge in [0, 0.05) is 19.3 Å². The lowest BCUT2D eigenvalue weighted by molar-refractivity contribution is 0.412. The third-order valence-electron chi connectivity index (χ3n) is 2.22. The van der Waals surface area contributed by atoms with Crippen LogP contribution in [0.1, 0.15) is 27.2 Å². The Hall–Kier alpha value is -0.460. The molecule has 0 N–H and O–H groups in total. The molecule has 1 aliphatic rings. The second kappa shape index (κ2) is 2.65. The first-order valence-electron chi connectivity index (χ1n) is 4.03. The standard InChI is InChI=1S/C9H17N/c1-7(2)9-8(3)5-6-10(9)4/h7H,5-6H2,1-4H3. The Bertz CT molecular complexity index is 156. The normalized spacial score (nSPS) is 19.5. The first kappa shape index (κ1) is 7.64. The second-order valence-corrected chi connectivity index (χ2v) is 3.49. The number of allylic oxidation sites excluding steroid dienone is 1. The van der Waals surface area contributed by atoms with E-state index in [4.69, 9.17) is 0 Å². The molecule has 0 bridgehead atoms. The van der Waals surface area contributed by atoms with Crippen LogP contribution in [0.2, 0.25) is 0 Å². The van der Waals surface area contributed by atoms with Crippen molar-refractivity contribution in [3.63, 3.8) is 0 Å². The van der Waals surface area contributed by atoms with Crippen molar-refractivity contribution >= 4 is 0 Å². The topological polar surface area (TPSA) is 3.24 Å². The van der Waals surface area contributed by atoms with Crippen LogP contribution in [0, 0.1) is 5.92 Å². The molecule has 0 fully saturated rings. The number of nitrogens with zero attached hydrogens (tertiary/aromatic N) is 1. The lowest BCUT2D eigenvalue weighted by Crippen LogP contribution is -2.16. The van der Waals surface area contributed by atoms with Crippen LogP contribution in [0.5, 0.6) is 0 Å². The average molecular weight is 139 g/mol. The summed E-state index contributed by atoms with van der Waals surface area (Å²) in [5.74, 6) is 0.701. The molecule has 0 radical (unpaired) electrons. The molecule has 0 aromatic heterocycles. The van der Waals surface area contributed by atoms with E-state index in [1.54, 1.807) is 11.3 Å². The molecule has 0 aromatic rings. The Morgan fingerprint density at radius 3 is 2.20 bits per heavy atom. The van der Waals surface area contributed by atoms with E-state index in [-0.39, 0.29) is 0 Å². The van der Waals surface area contributed by atoms with Gasteiger partial charge in [0.1, 0.15) is 0 Å². The van der Waals surface area contributed by atoms with Crippen LogP contribution in [0.3, 0.4) is 0 Å². The van der Waals surface area contributed by atoms with Crippen LogP contribution in [0.4, 0.5) is 0 Å². The molecule has 1 nitrogen and oxygen atoms in total. The lowest BCUT2D eigenvalue weighted by atomic mass is 10.1. The largest absolute Gasteiger partial charge is 0.377 e. The maximum Gasteiger partial charge on any atom is 0.0209 e. The van der Waals surface area contributed by atoms with E-state index in [1.807, 2.05) is 0 Å². The summed E-state index contributed by atoms with van der Waals surface area (Å²) >= 11 is 0. The molecule has 0 saturated carbocycles. The molecule has 1 rings (SSSR count). The van der Waals surface area contributed by atoms with Crippen molar-refractivity contribution in [3.8, 4) is 0 Å².